The molecule has 0 aliphatic carbocycles. The minimum Gasteiger partial charge on any atom is -0.505 e. The van der Waals surface area contributed by atoms with Crippen molar-refractivity contribution in [3.05, 3.63) is 27.2 Å². The van der Waals surface area contributed by atoms with Crippen molar-refractivity contribution < 1.29 is 14.6 Å². The van der Waals surface area contributed by atoms with Crippen LogP contribution in [0.15, 0.2) is 16.6 Å². The number of phenolic OH excluding ortho intramolecular Hbond substituents is 1. The van der Waals surface area contributed by atoms with Crippen molar-refractivity contribution in [2.75, 3.05) is 6.61 Å². The highest BCUT2D eigenvalue weighted by Crippen LogP contribution is 2.33. The fourth-order valence-electron chi connectivity index (χ4n) is 1.07. The van der Waals surface area contributed by atoms with E-state index in [9.17, 15) is 9.90 Å². The molecule has 0 aromatic heterocycles. The number of hydrogen-bond donors (Lipinski definition) is 1. The van der Waals surface area contributed by atoms with Crippen molar-refractivity contribution in [3.8, 4) is 5.75 Å². The van der Waals surface area contributed by atoms with E-state index in [1.165, 1.54) is 6.92 Å². The SMILES string of the molecule is CC(=O)OCCc1cc(Cl)c(O)c(Br)c1. The molecule has 0 aliphatic rings. The lowest BCUT2D eigenvalue weighted by atomic mass is 10.1. The molecule has 0 atom stereocenters. The number of carbonyl (C=O) groups excluding carboxylic acids is 1. The molecule has 0 fully saturated rings. The van der Waals surface area contributed by atoms with Gasteiger partial charge in [-0.05, 0) is 33.6 Å². The van der Waals surface area contributed by atoms with E-state index in [-0.39, 0.29) is 16.7 Å². The molecular formula is C10H10BrClO3. The monoisotopic (exact) mass is 292 g/mol. The summed E-state index contributed by atoms with van der Waals surface area (Å²) < 4.78 is 5.33. The number of carbonyl (C=O) groups is 1. The van der Waals surface area contributed by atoms with Gasteiger partial charge in [0.2, 0.25) is 0 Å². The lowest BCUT2D eigenvalue weighted by Crippen LogP contribution is -2.03. The smallest absolute Gasteiger partial charge is 0.302 e. The quantitative estimate of drug-likeness (QED) is 0.872. The van der Waals surface area contributed by atoms with Gasteiger partial charge in [0.15, 0.2) is 0 Å². The Balaban J connectivity index is 2.66. The van der Waals surface area contributed by atoms with Crippen molar-refractivity contribution >= 4 is 33.5 Å². The first kappa shape index (κ1) is 12.3. The van der Waals surface area contributed by atoms with Crippen LogP contribution in [-0.4, -0.2) is 17.7 Å². The average molecular weight is 294 g/mol. The number of hydrogen-bond acceptors (Lipinski definition) is 3. The molecule has 0 saturated heterocycles. The van der Waals surface area contributed by atoms with Crippen LogP contribution in [-0.2, 0) is 16.0 Å². The number of rotatable bonds is 3. The van der Waals surface area contributed by atoms with Gasteiger partial charge in [0.25, 0.3) is 0 Å². The second kappa shape index (κ2) is 5.37. The maximum absolute atomic E-state index is 10.5. The minimum atomic E-state index is -0.307. The fraction of sp³-hybridized carbons (Fsp3) is 0.300. The molecule has 1 aromatic carbocycles. The summed E-state index contributed by atoms with van der Waals surface area (Å²) in [6, 6.07) is 3.38. The second-order valence-corrected chi connectivity index (χ2v) is 4.26. The van der Waals surface area contributed by atoms with Crippen LogP contribution in [0.2, 0.25) is 5.02 Å². The molecule has 0 amide bonds. The zero-order chi connectivity index (χ0) is 11.4. The first-order valence-corrected chi connectivity index (χ1v) is 5.48. The Morgan fingerprint density at radius 2 is 2.27 bits per heavy atom. The Morgan fingerprint density at radius 3 is 2.80 bits per heavy atom. The van der Waals surface area contributed by atoms with Crippen LogP contribution in [0.25, 0.3) is 0 Å². The molecule has 1 N–H and O–H groups in total. The Bertz CT molecular complexity index is 356. The van der Waals surface area contributed by atoms with Crippen LogP contribution in [0.4, 0.5) is 0 Å². The Hall–Kier alpha value is -0.740. The Morgan fingerprint density at radius 1 is 1.60 bits per heavy atom. The van der Waals surface area contributed by atoms with Gasteiger partial charge in [-0.1, -0.05) is 11.6 Å². The molecule has 1 aromatic rings. The van der Waals surface area contributed by atoms with Crippen molar-refractivity contribution in [1.82, 2.24) is 0 Å². The molecular weight excluding hydrogens is 283 g/mol. The van der Waals surface area contributed by atoms with Gasteiger partial charge in [0.1, 0.15) is 5.75 Å². The summed E-state index contributed by atoms with van der Waals surface area (Å²) in [7, 11) is 0. The molecule has 0 spiro atoms. The predicted octanol–water partition coefficient (Wildman–Crippen LogP) is 2.91. The van der Waals surface area contributed by atoms with E-state index in [1.54, 1.807) is 12.1 Å². The van der Waals surface area contributed by atoms with Crippen LogP contribution in [0.3, 0.4) is 0 Å². The third-order valence-corrected chi connectivity index (χ3v) is 2.67. The summed E-state index contributed by atoms with van der Waals surface area (Å²) in [4.78, 5) is 10.5. The number of aromatic hydroxyl groups is 1. The molecule has 15 heavy (non-hydrogen) atoms. The van der Waals surface area contributed by atoms with E-state index >= 15 is 0 Å². The first-order chi connectivity index (χ1) is 7.00. The van der Waals surface area contributed by atoms with E-state index in [2.05, 4.69) is 15.9 Å². The van der Waals surface area contributed by atoms with E-state index in [4.69, 9.17) is 16.3 Å². The first-order valence-electron chi connectivity index (χ1n) is 4.31. The summed E-state index contributed by atoms with van der Waals surface area (Å²) in [6.07, 6.45) is 0.568. The molecule has 5 heteroatoms. The topological polar surface area (TPSA) is 46.5 Å². The predicted molar refractivity (Wildman–Crippen MR) is 61.2 cm³/mol. The van der Waals surface area contributed by atoms with Crippen LogP contribution >= 0.6 is 27.5 Å². The fourth-order valence-corrected chi connectivity index (χ4v) is 1.94. The van der Waals surface area contributed by atoms with Gasteiger partial charge >= 0.3 is 5.97 Å². The molecule has 0 unspecified atom stereocenters. The summed E-state index contributed by atoms with van der Waals surface area (Å²) in [6.45, 7) is 1.67. The largest absolute Gasteiger partial charge is 0.505 e. The Kier molecular flexibility index (Phi) is 4.42. The van der Waals surface area contributed by atoms with E-state index in [0.29, 0.717) is 17.5 Å². The highest BCUT2D eigenvalue weighted by Gasteiger charge is 2.06. The van der Waals surface area contributed by atoms with Gasteiger partial charge in [-0.25, -0.2) is 0 Å². The van der Waals surface area contributed by atoms with Crippen molar-refractivity contribution in [2.24, 2.45) is 0 Å². The lowest BCUT2D eigenvalue weighted by Gasteiger charge is -2.05. The van der Waals surface area contributed by atoms with E-state index in [0.717, 1.165) is 5.56 Å². The second-order valence-electron chi connectivity index (χ2n) is 3.00. The Labute approximate surface area is 101 Å². The van der Waals surface area contributed by atoms with E-state index in [1.807, 2.05) is 0 Å². The van der Waals surface area contributed by atoms with Crippen molar-refractivity contribution in [2.45, 2.75) is 13.3 Å². The normalized spacial score (nSPS) is 10.1. The maximum atomic E-state index is 10.5. The molecule has 0 radical (unpaired) electrons. The van der Waals surface area contributed by atoms with E-state index < -0.39 is 0 Å². The molecule has 0 heterocycles. The van der Waals surface area contributed by atoms with Crippen LogP contribution < -0.4 is 0 Å². The van der Waals surface area contributed by atoms with Gasteiger partial charge < -0.3 is 9.84 Å². The molecule has 3 nitrogen and oxygen atoms in total. The summed E-state index contributed by atoms with van der Waals surface area (Å²) in [5, 5.41) is 9.66. The minimum absolute atomic E-state index is 0.0212. The van der Waals surface area contributed by atoms with Crippen LogP contribution in [0.5, 0.6) is 5.75 Å². The third kappa shape index (κ3) is 3.72. The molecule has 0 bridgehead atoms. The summed E-state index contributed by atoms with van der Waals surface area (Å²) >= 11 is 8.95. The van der Waals surface area contributed by atoms with Gasteiger partial charge in [0.05, 0.1) is 16.1 Å². The number of ether oxygens (including phenoxy) is 1. The van der Waals surface area contributed by atoms with Crippen LogP contribution in [0, 0.1) is 0 Å². The van der Waals surface area contributed by atoms with Gasteiger partial charge in [0, 0.05) is 13.3 Å². The third-order valence-electron chi connectivity index (χ3n) is 1.77. The number of phenols is 1. The number of esters is 1. The summed E-state index contributed by atoms with van der Waals surface area (Å²) in [5.74, 6) is -0.285. The lowest BCUT2D eigenvalue weighted by molar-refractivity contribution is -0.140. The van der Waals surface area contributed by atoms with Crippen molar-refractivity contribution in [3.63, 3.8) is 0 Å². The van der Waals surface area contributed by atoms with Gasteiger partial charge in [-0.3, -0.25) is 4.79 Å². The molecule has 82 valence electrons. The van der Waals surface area contributed by atoms with Gasteiger partial charge in [-0.2, -0.15) is 0 Å². The average Bonchev–Trinajstić information content (AvgIpc) is 2.13. The zero-order valence-electron chi connectivity index (χ0n) is 8.09. The van der Waals surface area contributed by atoms with Crippen molar-refractivity contribution in [1.29, 1.82) is 0 Å². The highest BCUT2D eigenvalue weighted by atomic mass is 79.9. The maximum Gasteiger partial charge on any atom is 0.302 e. The molecule has 1 rings (SSSR count). The number of benzene rings is 1. The number of halogens is 2. The summed E-state index contributed by atoms with van der Waals surface area (Å²) in [5.41, 5.74) is 0.894. The standard InChI is InChI=1S/C10H10BrClO3/c1-6(13)15-3-2-7-4-8(11)10(14)9(12)5-7/h4-5,14H,2-3H2,1H3. The molecule has 0 saturated carbocycles. The zero-order valence-corrected chi connectivity index (χ0v) is 10.4. The highest BCUT2D eigenvalue weighted by molar-refractivity contribution is 9.10. The van der Waals surface area contributed by atoms with Gasteiger partial charge in [-0.15, -0.1) is 0 Å². The molecule has 0 aliphatic heterocycles. The van der Waals surface area contributed by atoms with Crippen LogP contribution in [0.1, 0.15) is 12.5 Å².